The molecule has 47 heavy (non-hydrogen) atoms. The summed E-state index contributed by atoms with van der Waals surface area (Å²) in [7, 11) is 1.67. The normalized spacial score (nSPS) is 11.0. The summed E-state index contributed by atoms with van der Waals surface area (Å²) in [6, 6.07) is 27.6. The number of nitrogens with zero attached hydrogens (tertiary/aromatic N) is 6. The van der Waals surface area contributed by atoms with Crippen LogP contribution in [0.2, 0.25) is 0 Å². The maximum atomic E-state index is 5.08. The summed E-state index contributed by atoms with van der Waals surface area (Å²) in [4.78, 5) is 17.7. The second kappa shape index (κ2) is 16.8. The molecule has 4 heterocycles. The number of anilines is 5. The van der Waals surface area contributed by atoms with Crippen molar-refractivity contribution in [1.82, 2.24) is 40.3 Å². The molecule has 238 valence electrons. The highest BCUT2D eigenvalue weighted by atomic mass is 16.5. The second-order valence-corrected chi connectivity index (χ2v) is 10.3. The zero-order chi connectivity index (χ0) is 32.7. The van der Waals surface area contributed by atoms with E-state index in [1.807, 2.05) is 123 Å². The monoisotopic (exact) mass is 627 g/mol. The Morgan fingerprint density at radius 2 is 1.17 bits per heavy atom. The van der Waals surface area contributed by atoms with Crippen LogP contribution in [0.15, 0.2) is 91.1 Å². The lowest BCUT2D eigenvalue weighted by molar-refractivity contribution is 0.210. The molecule has 0 fully saturated rings. The Kier molecular flexibility index (Phi) is 11.5. The number of nitrogens with one attached hydrogen (secondary N) is 5. The fourth-order valence-electron chi connectivity index (χ4n) is 4.20. The summed E-state index contributed by atoms with van der Waals surface area (Å²) in [5.74, 6) is 4.80. The Balaban J connectivity index is 0.000000189. The van der Waals surface area contributed by atoms with Gasteiger partial charge >= 0.3 is 0 Å². The van der Waals surface area contributed by atoms with Gasteiger partial charge in [-0.25, -0.2) is 19.9 Å². The molecular weight excluding hydrogens is 590 g/mol. The van der Waals surface area contributed by atoms with Gasteiger partial charge in [0.1, 0.15) is 17.5 Å². The van der Waals surface area contributed by atoms with Gasteiger partial charge in [0, 0.05) is 49.4 Å². The van der Waals surface area contributed by atoms with Crippen LogP contribution in [0.4, 0.5) is 29.1 Å². The number of rotatable bonds is 12. The third-order valence-electron chi connectivity index (χ3n) is 6.40. The molecule has 6 rings (SSSR count). The van der Waals surface area contributed by atoms with Crippen LogP contribution >= 0.6 is 0 Å². The van der Waals surface area contributed by atoms with E-state index in [0.29, 0.717) is 42.3 Å². The predicted molar refractivity (Wildman–Crippen MR) is 188 cm³/mol. The Bertz CT molecular complexity index is 1880. The molecule has 6 aromatic rings. The summed E-state index contributed by atoms with van der Waals surface area (Å²) >= 11 is 0. The molecular formula is C35H37N11O. The first-order chi connectivity index (χ1) is 23.0. The summed E-state index contributed by atoms with van der Waals surface area (Å²) in [5.41, 5.74) is 4.17. The predicted octanol–water partition coefficient (Wildman–Crippen LogP) is 6.90. The van der Waals surface area contributed by atoms with Gasteiger partial charge in [0.2, 0.25) is 0 Å². The second-order valence-electron chi connectivity index (χ2n) is 10.3. The average Bonchev–Trinajstić information content (AvgIpc) is 3.70. The number of hydrogen-bond acceptors (Lipinski definition) is 10. The summed E-state index contributed by atoms with van der Waals surface area (Å²) in [5, 5.41) is 23.7. The van der Waals surface area contributed by atoms with Crippen molar-refractivity contribution in [3.63, 3.8) is 0 Å². The number of aryl methyl sites for hydroxylation is 2. The van der Waals surface area contributed by atoms with E-state index in [2.05, 4.69) is 56.3 Å². The molecule has 12 nitrogen and oxygen atoms in total. The highest BCUT2D eigenvalue weighted by molar-refractivity contribution is 5.69. The minimum atomic E-state index is 0.598. The highest BCUT2D eigenvalue weighted by Gasteiger charge is 2.06. The van der Waals surface area contributed by atoms with Crippen molar-refractivity contribution in [2.45, 2.75) is 13.8 Å². The SMILES string of the molecule is COCCNc1cc(Nc2cc(C)[nH]n2)nc(/C=C/c2ccccc2)n1.Cc1cc(Nc2ccnc(/C=C/c3ccccc3)n2)n[nH]1. The molecule has 0 unspecified atom stereocenters. The standard InChI is InChI=1S/C19H22N6O.C16H15N5/c1-14-12-19(25-24-14)23-18-13-17(20-10-11-26-2)21-16(22-18)9-8-15-6-4-3-5-7-15;1-12-11-16(21-20-12)19-15-9-10-17-14(18-15)8-7-13-5-3-2-4-6-13/h3-9,12-13H,10-11H2,1-2H3,(H3,20,21,22,23,24,25);2-11H,1H3,(H2,17,18,19,20,21)/b9-8+;8-7+. The minimum Gasteiger partial charge on any atom is -0.383 e. The summed E-state index contributed by atoms with van der Waals surface area (Å²) in [6.07, 6.45) is 9.46. The maximum Gasteiger partial charge on any atom is 0.156 e. The number of benzene rings is 2. The lowest BCUT2D eigenvalue weighted by Crippen LogP contribution is -2.10. The van der Waals surface area contributed by atoms with Crippen molar-refractivity contribution < 1.29 is 4.74 Å². The van der Waals surface area contributed by atoms with Crippen LogP contribution in [0, 0.1) is 13.8 Å². The van der Waals surface area contributed by atoms with Crippen molar-refractivity contribution in [2.24, 2.45) is 0 Å². The number of ether oxygens (including phenoxy) is 1. The van der Waals surface area contributed by atoms with E-state index in [4.69, 9.17) is 4.74 Å². The molecule has 5 N–H and O–H groups in total. The van der Waals surface area contributed by atoms with Gasteiger partial charge in [0.25, 0.3) is 0 Å². The fourth-order valence-corrected chi connectivity index (χ4v) is 4.20. The van der Waals surface area contributed by atoms with E-state index >= 15 is 0 Å². The Hall–Kier alpha value is -6.14. The van der Waals surface area contributed by atoms with Crippen LogP contribution in [0.1, 0.15) is 34.2 Å². The van der Waals surface area contributed by atoms with Crippen molar-refractivity contribution in [1.29, 1.82) is 0 Å². The van der Waals surface area contributed by atoms with Crippen LogP contribution in [0.3, 0.4) is 0 Å². The van der Waals surface area contributed by atoms with Gasteiger partial charge in [-0.15, -0.1) is 0 Å². The van der Waals surface area contributed by atoms with Gasteiger partial charge in [-0.1, -0.05) is 72.8 Å². The third kappa shape index (κ3) is 10.8. The quantitative estimate of drug-likeness (QED) is 0.0905. The molecule has 0 saturated heterocycles. The van der Waals surface area contributed by atoms with Crippen LogP contribution in [0.25, 0.3) is 24.3 Å². The van der Waals surface area contributed by atoms with E-state index < -0.39 is 0 Å². The molecule has 0 saturated carbocycles. The maximum absolute atomic E-state index is 5.08. The first-order valence-electron chi connectivity index (χ1n) is 15.0. The molecule has 0 aliphatic rings. The van der Waals surface area contributed by atoms with Gasteiger partial charge < -0.3 is 20.7 Å². The number of hydrogen-bond donors (Lipinski definition) is 5. The zero-order valence-electron chi connectivity index (χ0n) is 26.5. The summed E-state index contributed by atoms with van der Waals surface area (Å²) < 4.78 is 5.08. The number of methoxy groups -OCH3 is 1. The van der Waals surface area contributed by atoms with Crippen LogP contribution in [-0.2, 0) is 4.74 Å². The lowest BCUT2D eigenvalue weighted by atomic mass is 10.2. The van der Waals surface area contributed by atoms with Crippen molar-refractivity contribution in [3.05, 3.63) is 125 Å². The van der Waals surface area contributed by atoms with E-state index in [1.54, 1.807) is 13.3 Å². The molecule has 0 amide bonds. The molecule has 2 aromatic carbocycles. The Morgan fingerprint density at radius 1 is 0.617 bits per heavy atom. The van der Waals surface area contributed by atoms with Gasteiger partial charge in [0.15, 0.2) is 23.3 Å². The molecule has 4 aromatic heterocycles. The third-order valence-corrected chi connectivity index (χ3v) is 6.40. The van der Waals surface area contributed by atoms with Crippen LogP contribution in [-0.4, -0.2) is 60.6 Å². The van der Waals surface area contributed by atoms with Gasteiger partial charge in [0.05, 0.1) is 6.61 Å². The molecule has 0 aliphatic carbocycles. The van der Waals surface area contributed by atoms with E-state index in [9.17, 15) is 0 Å². The van der Waals surface area contributed by atoms with Gasteiger partial charge in [-0.05, 0) is 43.2 Å². The smallest absolute Gasteiger partial charge is 0.156 e. The first-order valence-corrected chi connectivity index (χ1v) is 15.0. The molecule has 0 radical (unpaired) electrons. The van der Waals surface area contributed by atoms with Gasteiger partial charge in [-0.3, -0.25) is 10.2 Å². The Labute approximate surface area is 273 Å². The average molecular weight is 628 g/mol. The van der Waals surface area contributed by atoms with Crippen molar-refractivity contribution in [3.8, 4) is 0 Å². The number of aromatic nitrogens is 8. The first kappa shape index (κ1) is 32.3. The van der Waals surface area contributed by atoms with Crippen molar-refractivity contribution >= 4 is 53.4 Å². The minimum absolute atomic E-state index is 0.598. The van der Waals surface area contributed by atoms with Crippen molar-refractivity contribution in [2.75, 3.05) is 36.2 Å². The van der Waals surface area contributed by atoms with E-state index in [0.717, 1.165) is 34.2 Å². The molecule has 0 spiro atoms. The largest absolute Gasteiger partial charge is 0.383 e. The number of H-pyrrole nitrogens is 2. The Morgan fingerprint density at radius 3 is 1.74 bits per heavy atom. The van der Waals surface area contributed by atoms with E-state index in [-0.39, 0.29) is 0 Å². The van der Waals surface area contributed by atoms with Crippen LogP contribution < -0.4 is 16.0 Å². The van der Waals surface area contributed by atoms with E-state index in [1.165, 1.54) is 0 Å². The van der Waals surface area contributed by atoms with Gasteiger partial charge in [-0.2, -0.15) is 10.2 Å². The fraction of sp³-hybridized carbons (Fsp3) is 0.143. The molecule has 0 atom stereocenters. The lowest BCUT2D eigenvalue weighted by Gasteiger charge is -2.09. The molecule has 12 heteroatoms. The van der Waals surface area contributed by atoms with Crippen LogP contribution in [0.5, 0.6) is 0 Å². The molecule has 0 aliphatic heterocycles. The highest BCUT2D eigenvalue weighted by Crippen LogP contribution is 2.18. The zero-order valence-corrected chi connectivity index (χ0v) is 26.5. The topological polar surface area (TPSA) is 154 Å². The number of aromatic amines is 2. The molecule has 0 bridgehead atoms. The summed E-state index contributed by atoms with van der Waals surface area (Å²) in [6.45, 7) is 5.16.